The van der Waals surface area contributed by atoms with Crippen LogP contribution in [0, 0.1) is 0 Å². The molecule has 0 bridgehead atoms. The molecule has 4 N–H and O–H groups in total. The van der Waals surface area contributed by atoms with E-state index in [9.17, 15) is 28.5 Å². The number of esters is 1. The van der Waals surface area contributed by atoms with E-state index in [1.165, 1.54) is 44.9 Å². The summed E-state index contributed by atoms with van der Waals surface area (Å²) in [5.74, 6) is -0.541. The highest BCUT2D eigenvalue weighted by Crippen LogP contribution is 2.24. The van der Waals surface area contributed by atoms with Gasteiger partial charge in [0.25, 0.3) is 0 Å². The first-order chi connectivity index (χ1) is 14.7. The van der Waals surface area contributed by atoms with Crippen LogP contribution in [0.4, 0.5) is 0 Å². The van der Waals surface area contributed by atoms with Crippen LogP contribution in [0.5, 0.6) is 0 Å². The van der Waals surface area contributed by atoms with Gasteiger partial charge in [0.15, 0.2) is 6.29 Å². The number of hydrogen-bond donors (Lipinski definition) is 4. The predicted octanol–water partition coefficient (Wildman–Crippen LogP) is 1.86. The van der Waals surface area contributed by atoms with Crippen molar-refractivity contribution >= 4 is 16.4 Å². The number of carbonyl (C=O) groups is 1. The summed E-state index contributed by atoms with van der Waals surface area (Å²) in [6.45, 7) is 1.69. The molecule has 31 heavy (non-hydrogen) atoms. The molecule has 0 aromatic carbocycles. The minimum absolute atomic E-state index is 0.168. The van der Waals surface area contributed by atoms with Crippen molar-refractivity contribution in [1.29, 1.82) is 0 Å². The van der Waals surface area contributed by atoms with Gasteiger partial charge in [0.1, 0.15) is 31.0 Å². The third kappa shape index (κ3) is 12.1. The second kappa shape index (κ2) is 15.1. The average Bonchev–Trinajstić information content (AvgIpc) is 2.70. The van der Waals surface area contributed by atoms with Crippen LogP contribution in [-0.2, 0) is 28.9 Å². The molecule has 1 rings (SSSR count). The van der Waals surface area contributed by atoms with E-state index in [2.05, 4.69) is 11.1 Å². The van der Waals surface area contributed by atoms with Crippen molar-refractivity contribution < 1.29 is 46.7 Å². The van der Waals surface area contributed by atoms with Gasteiger partial charge in [-0.05, 0) is 6.42 Å². The molecule has 5 atom stereocenters. The van der Waals surface area contributed by atoms with E-state index in [0.29, 0.717) is 6.42 Å². The second-order valence-electron chi connectivity index (χ2n) is 8.00. The van der Waals surface area contributed by atoms with Crippen molar-refractivity contribution in [3.8, 4) is 0 Å². The Morgan fingerprint density at radius 1 is 0.871 bits per heavy atom. The molecule has 0 aliphatic carbocycles. The Bertz CT molecular complexity index is 597. The number of unbranched alkanes of at least 4 members (excludes halogenated alkanes) is 10. The van der Waals surface area contributed by atoms with Gasteiger partial charge in [0.05, 0.1) is 0 Å². The van der Waals surface area contributed by atoms with E-state index in [0.717, 1.165) is 19.3 Å². The van der Waals surface area contributed by atoms with Crippen LogP contribution in [0.3, 0.4) is 0 Å². The fourth-order valence-electron chi connectivity index (χ4n) is 3.49. The lowest BCUT2D eigenvalue weighted by molar-refractivity contribution is -0.283. The highest BCUT2D eigenvalue weighted by atomic mass is 32.3. The first-order valence-corrected chi connectivity index (χ1v) is 12.5. The summed E-state index contributed by atoms with van der Waals surface area (Å²) in [7, 11) is -4.98. The average molecular weight is 471 g/mol. The van der Waals surface area contributed by atoms with Crippen molar-refractivity contribution in [3.05, 3.63) is 0 Å². The summed E-state index contributed by atoms with van der Waals surface area (Å²) >= 11 is 0. The molecule has 0 unspecified atom stereocenters. The Balaban J connectivity index is 2.22. The maximum absolute atomic E-state index is 11.9. The van der Waals surface area contributed by atoms with Gasteiger partial charge in [-0.3, -0.25) is 9.35 Å². The van der Waals surface area contributed by atoms with Gasteiger partial charge in [-0.2, -0.15) is 8.42 Å². The minimum atomic E-state index is -4.98. The lowest BCUT2D eigenvalue weighted by Crippen LogP contribution is -2.60. The van der Waals surface area contributed by atoms with Crippen LogP contribution >= 0.6 is 0 Å². The number of ether oxygens (including phenoxy) is 2. The van der Waals surface area contributed by atoms with Gasteiger partial charge in [-0.25, -0.2) is 4.18 Å². The van der Waals surface area contributed by atoms with Gasteiger partial charge >= 0.3 is 16.4 Å². The summed E-state index contributed by atoms with van der Waals surface area (Å²) in [5, 5.41) is 29.1. The molecule has 11 heteroatoms. The maximum atomic E-state index is 11.9. The summed E-state index contributed by atoms with van der Waals surface area (Å²) in [4.78, 5) is 11.9. The number of rotatable bonds is 16. The summed E-state index contributed by atoms with van der Waals surface area (Å²) in [6, 6.07) is 0. The lowest BCUT2D eigenvalue weighted by atomic mass is 9.99. The molecular formula is C20H38O10S. The maximum Gasteiger partial charge on any atom is 0.397 e. The number of aliphatic hydroxyl groups is 3. The topological polar surface area (TPSA) is 160 Å². The molecule has 0 aromatic heterocycles. The van der Waals surface area contributed by atoms with Crippen LogP contribution in [0.1, 0.15) is 84.0 Å². The Morgan fingerprint density at radius 2 is 1.39 bits per heavy atom. The van der Waals surface area contributed by atoms with Crippen molar-refractivity contribution in [1.82, 2.24) is 0 Å². The zero-order valence-corrected chi connectivity index (χ0v) is 19.0. The third-order valence-electron chi connectivity index (χ3n) is 5.29. The highest BCUT2D eigenvalue weighted by Gasteiger charge is 2.47. The van der Waals surface area contributed by atoms with E-state index in [1.54, 1.807) is 0 Å². The fraction of sp³-hybridized carbons (Fsp3) is 0.950. The molecule has 0 spiro atoms. The third-order valence-corrected chi connectivity index (χ3v) is 5.75. The molecule has 0 radical (unpaired) electrons. The zero-order valence-electron chi connectivity index (χ0n) is 18.2. The largest absolute Gasteiger partial charge is 0.463 e. The van der Waals surface area contributed by atoms with E-state index in [1.807, 2.05) is 0 Å². The van der Waals surface area contributed by atoms with E-state index >= 15 is 0 Å². The Hall–Kier alpha value is -0.820. The standard InChI is InChI=1S/C20H38O10S/c1-2-3-4-5-6-7-8-9-10-11-12-13-16(21)28-14-15-19(30-31(25,26)27)17(22)18(23)20(24)29-15/h15,17-20,22-24H,2-14H2,1H3,(H,25,26,27)/t15-,17-,18-,19-,20+/m1/s1. The minimum Gasteiger partial charge on any atom is -0.463 e. The number of carbonyl (C=O) groups excluding carboxylic acids is 1. The van der Waals surface area contributed by atoms with E-state index < -0.39 is 53.7 Å². The van der Waals surface area contributed by atoms with Crippen LogP contribution in [0.15, 0.2) is 0 Å². The SMILES string of the molecule is CCCCCCCCCCCCCC(=O)OC[C@H]1O[C@H](O)[C@H](O)[C@@H](O)[C@@H]1OS(=O)(=O)O. The van der Waals surface area contributed by atoms with Gasteiger partial charge in [0, 0.05) is 6.42 Å². The summed E-state index contributed by atoms with van der Waals surface area (Å²) < 4.78 is 45.1. The van der Waals surface area contributed by atoms with Crippen LogP contribution in [0.2, 0.25) is 0 Å². The number of hydrogen-bond acceptors (Lipinski definition) is 9. The Labute approximate surface area is 184 Å². The highest BCUT2D eigenvalue weighted by molar-refractivity contribution is 7.80. The summed E-state index contributed by atoms with van der Waals surface area (Å²) in [5.41, 5.74) is 0. The van der Waals surface area contributed by atoms with Crippen LogP contribution in [-0.4, -0.2) is 71.6 Å². The van der Waals surface area contributed by atoms with Crippen molar-refractivity contribution in [2.45, 2.75) is 115 Å². The van der Waals surface area contributed by atoms with Gasteiger partial charge in [-0.1, -0.05) is 71.1 Å². The van der Waals surface area contributed by atoms with Crippen molar-refractivity contribution in [2.75, 3.05) is 6.61 Å². The molecule has 10 nitrogen and oxygen atoms in total. The van der Waals surface area contributed by atoms with Crippen molar-refractivity contribution in [3.63, 3.8) is 0 Å². The predicted molar refractivity (Wildman–Crippen MR) is 111 cm³/mol. The van der Waals surface area contributed by atoms with Crippen molar-refractivity contribution in [2.24, 2.45) is 0 Å². The first kappa shape index (κ1) is 28.2. The molecule has 1 heterocycles. The summed E-state index contributed by atoms with van der Waals surface area (Å²) in [6.07, 6.45) is 4.07. The van der Waals surface area contributed by atoms with Crippen LogP contribution in [0.25, 0.3) is 0 Å². The molecule has 0 aromatic rings. The monoisotopic (exact) mass is 470 g/mol. The molecule has 184 valence electrons. The Morgan fingerprint density at radius 3 is 1.90 bits per heavy atom. The van der Waals surface area contributed by atoms with Gasteiger partial charge in [-0.15, -0.1) is 0 Å². The zero-order chi connectivity index (χ0) is 23.3. The van der Waals surface area contributed by atoms with Crippen LogP contribution < -0.4 is 0 Å². The second-order valence-corrected chi connectivity index (χ2v) is 9.05. The molecule has 1 saturated heterocycles. The van der Waals surface area contributed by atoms with Gasteiger partial charge in [0.2, 0.25) is 0 Å². The number of aliphatic hydroxyl groups excluding tert-OH is 3. The molecule has 1 aliphatic rings. The molecule has 1 fully saturated rings. The van der Waals surface area contributed by atoms with E-state index in [-0.39, 0.29) is 6.42 Å². The molecular weight excluding hydrogens is 432 g/mol. The van der Waals surface area contributed by atoms with Gasteiger partial charge < -0.3 is 24.8 Å². The molecule has 0 saturated carbocycles. The normalized spacial score (nSPS) is 26.7. The Kier molecular flexibility index (Phi) is 13.7. The van der Waals surface area contributed by atoms with E-state index in [4.69, 9.17) is 14.0 Å². The smallest absolute Gasteiger partial charge is 0.397 e. The lowest BCUT2D eigenvalue weighted by Gasteiger charge is -2.39. The molecule has 0 amide bonds. The quantitative estimate of drug-likeness (QED) is 0.149. The fourth-order valence-corrected chi connectivity index (χ4v) is 4.01. The first-order valence-electron chi connectivity index (χ1n) is 11.2. The molecule has 1 aliphatic heterocycles.